The van der Waals surface area contributed by atoms with Crippen LogP contribution in [0.1, 0.15) is 44.8 Å². The second-order valence-corrected chi connectivity index (χ2v) is 5.63. The second kappa shape index (κ2) is 4.21. The van der Waals surface area contributed by atoms with E-state index >= 15 is 0 Å². The third-order valence-electron chi connectivity index (χ3n) is 4.23. The van der Waals surface area contributed by atoms with E-state index in [1.54, 1.807) is 0 Å². The standard InChI is InChI=1S/C13H23N3/c1-13(2)8-5-6-10(13)12(14-3)11-7-9-15-16(11)4/h7,9-10,12,14H,5-6,8H2,1-4H3. The summed E-state index contributed by atoms with van der Waals surface area (Å²) in [5.41, 5.74) is 1.75. The van der Waals surface area contributed by atoms with Crippen LogP contribution in [0, 0.1) is 11.3 Å². The molecule has 1 fully saturated rings. The first-order valence-corrected chi connectivity index (χ1v) is 6.21. The summed E-state index contributed by atoms with van der Waals surface area (Å²) in [5, 5.41) is 7.76. The Balaban J connectivity index is 2.27. The van der Waals surface area contributed by atoms with Crippen LogP contribution in [0.5, 0.6) is 0 Å². The zero-order valence-corrected chi connectivity index (χ0v) is 10.8. The summed E-state index contributed by atoms with van der Waals surface area (Å²) in [6, 6.07) is 2.57. The Bertz CT molecular complexity index is 354. The molecule has 0 saturated heterocycles. The van der Waals surface area contributed by atoms with Gasteiger partial charge in [-0.1, -0.05) is 20.3 Å². The largest absolute Gasteiger partial charge is 0.311 e. The van der Waals surface area contributed by atoms with E-state index in [1.165, 1.54) is 25.0 Å². The van der Waals surface area contributed by atoms with Gasteiger partial charge in [0.2, 0.25) is 0 Å². The molecule has 16 heavy (non-hydrogen) atoms. The average molecular weight is 221 g/mol. The van der Waals surface area contributed by atoms with Gasteiger partial charge in [-0.05, 0) is 37.3 Å². The highest BCUT2D eigenvalue weighted by Gasteiger charge is 2.40. The Hall–Kier alpha value is -0.830. The van der Waals surface area contributed by atoms with Crippen LogP contribution in [-0.2, 0) is 7.05 Å². The van der Waals surface area contributed by atoms with Crippen LogP contribution in [0.3, 0.4) is 0 Å². The minimum atomic E-state index is 0.435. The molecule has 0 amide bonds. The molecule has 0 aliphatic heterocycles. The van der Waals surface area contributed by atoms with Crippen LogP contribution in [0.25, 0.3) is 0 Å². The van der Waals surface area contributed by atoms with Crippen LogP contribution < -0.4 is 5.32 Å². The fourth-order valence-electron chi connectivity index (χ4n) is 3.22. The van der Waals surface area contributed by atoms with Crippen LogP contribution >= 0.6 is 0 Å². The lowest BCUT2D eigenvalue weighted by atomic mass is 9.76. The molecule has 0 radical (unpaired) electrons. The minimum Gasteiger partial charge on any atom is -0.311 e. The highest BCUT2D eigenvalue weighted by Crippen LogP contribution is 2.48. The van der Waals surface area contributed by atoms with E-state index in [-0.39, 0.29) is 0 Å². The van der Waals surface area contributed by atoms with Gasteiger partial charge in [-0.2, -0.15) is 5.10 Å². The van der Waals surface area contributed by atoms with Gasteiger partial charge in [-0.15, -0.1) is 0 Å². The fourth-order valence-corrected chi connectivity index (χ4v) is 3.22. The van der Waals surface area contributed by atoms with Crippen molar-refractivity contribution < 1.29 is 0 Å². The smallest absolute Gasteiger partial charge is 0.0553 e. The number of rotatable bonds is 3. The molecule has 2 rings (SSSR count). The van der Waals surface area contributed by atoms with Gasteiger partial charge < -0.3 is 5.32 Å². The van der Waals surface area contributed by atoms with Crippen molar-refractivity contribution in [3.8, 4) is 0 Å². The topological polar surface area (TPSA) is 29.9 Å². The molecule has 0 aromatic carbocycles. The van der Waals surface area contributed by atoms with Gasteiger partial charge in [0.25, 0.3) is 0 Å². The first-order valence-electron chi connectivity index (χ1n) is 6.21. The number of aryl methyl sites for hydroxylation is 1. The van der Waals surface area contributed by atoms with Crippen LogP contribution in [0.15, 0.2) is 12.3 Å². The van der Waals surface area contributed by atoms with Crippen molar-refractivity contribution in [2.45, 2.75) is 39.2 Å². The Morgan fingerprint density at radius 2 is 2.31 bits per heavy atom. The first kappa shape index (κ1) is 11.6. The maximum Gasteiger partial charge on any atom is 0.0553 e. The van der Waals surface area contributed by atoms with Gasteiger partial charge >= 0.3 is 0 Å². The molecule has 0 bridgehead atoms. The minimum absolute atomic E-state index is 0.435. The summed E-state index contributed by atoms with van der Waals surface area (Å²) in [4.78, 5) is 0. The summed E-state index contributed by atoms with van der Waals surface area (Å²) in [5.74, 6) is 0.716. The van der Waals surface area contributed by atoms with Crippen molar-refractivity contribution in [1.82, 2.24) is 15.1 Å². The van der Waals surface area contributed by atoms with E-state index < -0.39 is 0 Å². The molecule has 1 heterocycles. The van der Waals surface area contributed by atoms with Crippen molar-refractivity contribution >= 4 is 0 Å². The second-order valence-electron chi connectivity index (χ2n) is 5.63. The quantitative estimate of drug-likeness (QED) is 0.850. The lowest BCUT2D eigenvalue weighted by Gasteiger charge is -2.34. The molecule has 1 aromatic rings. The zero-order chi connectivity index (χ0) is 11.8. The molecule has 1 saturated carbocycles. The molecule has 1 aliphatic rings. The molecular weight excluding hydrogens is 198 g/mol. The van der Waals surface area contributed by atoms with Gasteiger partial charge in [0, 0.05) is 13.2 Å². The lowest BCUT2D eigenvalue weighted by molar-refractivity contribution is 0.198. The third kappa shape index (κ3) is 1.88. The highest BCUT2D eigenvalue weighted by molar-refractivity contribution is 5.10. The van der Waals surface area contributed by atoms with Gasteiger partial charge in [-0.25, -0.2) is 0 Å². The molecule has 3 nitrogen and oxygen atoms in total. The van der Waals surface area contributed by atoms with Crippen molar-refractivity contribution in [3.63, 3.8) is 0 Å². The van der Waals surface area contributed by atoms with Crippen LogP contribution in [-0.4, -0.2) is 16.8 Å². The average Bonchev–Trinajstić information content (AvgIpc) is 2.77. The monoisotopic (exact) mass is 221 g/mol. The summed E-state index contributed by atoms with van der Waals surface area (Å²) in [6.45, 7) is 4.79. The molecule has 1 aliphatic carbocycles. The predicted molar refractivity (Wildman–Crippen MR) is 66.1 cm³/mol. The van der Waals surface area contributed by atoms with Gasteiger partial charge in [0.1, 0.15) is 0 Å². The first-order chi connectivity index (χ1) is 7.56. The predicted octanol–water partition coefficient (Wildman–Crippen LogP) is 2.51. The molecule has 1 aromatic heterocycles. The molecule has 1 N–H and O–H groups in total. The number of hydrogen-bond donors (Lipinski definition) is 1. The van der Waals surface area contributed by atoms with E-state index in [9.17, 15) is 0 Å². The Morgan fingerprint density at radius 3 is 2.75 bits per heavy atom. The van der Waals surface area contributed by atoms with Crippen LogP contribution in [0.4, 0.5) is 0 Å². The summed E-state index contributed by atoms with van der Waals surface area (Å²) >= 11 is 0. The molecule has 90 valence electrons. The van der Waals surface area contributed by atoms with Gasteiger partial charge in [0.05, 0.1) is 11.7 Å². The fraction of sp³-hybridized carbons (Fsp3) is 0.769. The molecule has 2 unspecified atom stereocenters. The number of aromatic nitrogens is 2. The van der Waals surface area contributed by atoms with Crippen molar-refractivity contribution in [2.24, 2.45) is 18.4 Å². The van der Waals surface area contributed by atoms with Crippen LogP contribution in [0.2, 0.25) is 0 Å². The van der Waals surface area contributed by atoms with Crippen molar-refractivity contribution in [1.29, 1.82) is 0 Å². The van der Waals surface area contributed by atoms with Crippen molar-refractivity contribution in [2.75, 3.05) is 7.05 Å². The van der Waals surface area contributed by atoms with E-state index in [0.717, 1.165) is 0 Å². The molecule has 3 heteroatoms. The number of nitrogens with zero attached hydrogens (tertiary/aromatic N) is 2. The van der Waals surface area contributed by atoms with Crippen molar-refractivity contribution in [3.05, 3.63) is 18.0 Å². The number of hydrogen-bond acceptors (Lipinski definition) is 2. The molecule has 2 atom stereocenters. The Kier molecular flexibility index (Phi) is 3.06. The van der Waals surface area contributed by atoms with E-state index in [1.807, 2.05) is 17.9 Å². The highest BCUT2D eigenvalue weighted by atomic mass is 15.3. The normalized spacial score (nSPS) is 25.9. The Labute approximate surface area is 98.2 Å². The lowest BCUT2D eigenvalue weighted by Crippen LogP contribution is -2.33. The van der Waals surface area contributed by atoms with E-state index in [2.05, 4.69) is 37.4 Å². The Morgan fingerprint density at radius 1 is 1.56 bits per heavy atom. The maximum absolute atomic E-state index is 4.28. The van der Waals surface area contributed by atoms with E-state index in [4.69, 9.17) is 0 Å². The van der Waals surface area contributed by atoms with E-state index in [0.29, 0.717) is 17.4 Å². The molecular formula is C13H23N3. The SMILES string of the molecule is CNC(c1ccnn1C)C1CCCC1(C)C. The zero-order valence-electron chi connectivity index (χ0n) is 10.8. The summed E-state index contributed by atoms with van der Waals surface area (Å²) in [7, 11) is 4.09. The number of nitrogens with one attached hydrogen (secondary N) is 1. The summed E-state index contributed by atoms with van der Waals surface area (Å²) < 4.78 is 2.00. The third-order valence-corrected chi connectivity index (χ3v) is 4.23. The van der Waals surface area contributed by atoms with Gasteiger partial charge in [-0.3, -0.25) is 4.68 Å². The molecule has 0 spiro atoms. The summed E-state index contributed by atoms with van der Waals surface area (Å²) in [6.07, 6.45) is 5.91. The van der Waals surface area contributed by atoms with Gasteiger partial charge in [0.15, 0.2) is 0 Å². The maximum atomic E-state index is 4.28.